The van der Waals surface area contributed by atoms with E-state index in [4.69, 9.17) is 4.74 Å². The van der Waals surface area contributed by atoms with Crippen molar-refractivity contribution >= 4 is 0 Å². The fraction of sp³-hybridized carbons (Fsp3) is 0.538. The predicted molar refractivity (Wildman–Crippen MR) is 67.0 cm³/mol. The van der Waals surface area contributed by atoms with Crippen molar-refractivity contribution in [3.05, 3.63) is 35.5 Å². The van der Waals surface area contributed by atoms with Gasteiger partial charge in [0.05, 0.1) is 0 Å². The summed E-state index contributed by atoms with van der Waals surface area (Å²) in [4.78, 5) is 0.690. The minimum absolute atomic E-state index is 0.558. The highest BCUT2D eigenvalue weighted by atomic mass is 16.5. The number of nitrogens with zero attached hydrogens (tertiary/aromatic N) is 2. The van der Waals surface area contributed by atoms with Crippen LogP contribution in [0.2, 0.25) is 0 Å². The molecule has 0 saturated carbocycles. The van der Waals surface area contributed by atoms with Gasteiger partial charge in [-0.3, -0.25) is 0 Å². The molecule has 0 fully saturated rings. The van der Waals surface area contributed by atoms with Crippen LogP contribution in [0.25, 0.3) is 0 Å². The van der Waals surface area contributed by atoms with Crippen molar-refractivity contribution in [2.75, 3.05) is 0 Å². The van der Waals surface area contributed by atoms with Crippen molar-refractivity contribution in [3.8, 4) is 5.75 Å². The summed E-state index contributed by atoms with van der Waals surface area (Å²) in [6.45, 7) is 8.94. The average Bonchev–Trinajstić information content (AvgIpc) is 2.16. The van der Waals surface area contributed by atoms with E-state index in [1.54, 1.807) is 13.8 Å². The maximum Gasteiger partial charge on any atom is 0.255 e. The van der Waals surface area contributed by atoms with Gasteiger partial charge in [-0.05, 0) is 12.1 Å². The SMILES string of the molecule is CC(C)(N=[N+]([O-])C(C)(C)C)Oc1ccccc1. The van der Waals surface area contributed by atoms with Gasteiger partial charge in [-0.1, -0.05) is 23.1 Å². The van der Waals surface area contributed by atoms with Crippen LogP contribution in [0.15, 0.2) is 35.4 Å². The van der Waals surface area contributed by atoms with E-state index in [1.807, 2.05) is 51.1 Å². The topological polar surface area (TPSA) is 47.7 Å². The standard InChI is InChI=1S/C13H20N2O2/c1-12(2,3)15(16)14-13(4,5)17-11-9-7-6-8-10-11/h6-10H,1-5H3. The Morgan fingerprint density at radius 1 is 1.06 bits per heavy atom. The minimum atomic E-state index is -0.879. The summed E-state index contributed by atoms with van der Waals surface area (Å²) >= 11 is 0. The second-order valence-electron chi connectivity index (χ2n) is 5.41. The van der Waals surface area contributed by atoms with E-state index in [0.717, 1.165) is 0 Å². The van der Waals surface area contributed by atoms with E-state index in [-0.39, 0.29) is 0 Å². The Balaban J connectivity index is 2.83. The van der Waals surface area contributed by atoms with Crippen molar-refractivity contribution in [1.29, 1.82) is 0 Å². The summed E-state index contributed by atoms with van der Waals surface area (Å²) in [5.74, 6) is 0.698. The Kier molecular flexibility index (Phi) is 3.76. The molecule has 0 atom stereocenters. The molecule has 17 heavy (non-hydrogen) atoms. The van der Waals surface area contributed by atoms with Crippen molar-refractivity contribution in [2.45, 2.75) is 45.9 Å². The van der Waals surface area contributed by atoms with Gasteiger partial charge < -0.3 is 9.94 Å². The minimum Gasteiger partial charge on any atom is -0.599 e. The Hall–Kier alpha value is -1.58. The molecule has 0 spiro atoms. The number of hydrogen-bond donors (Lipinski definition) is 0. The van der Waals surface area contributed by atoms with Gasteiger partial charge in [0.2, 0.25) is 0 Å². The van der Waals surface area contributed by atoms with Crippen LogP contribution in [0.4, 0.5) is 0 Å². The van der Waals surface area contributed by atoms with E-state index >= 15 is 0 Å². The quantitative estimate of drug-likeness (QED) is 0.457. The van der Waals surface area contributed by atoms with Crippen LogP contribution in [0.1, 0.15) is 34.6 Å². The summed E-state index contributed by atoms with van der Waals surface area (Å²) in [6.07, 6.45) is 0. The fourth-order valence-electron chi connectivity index (χ4n) is 1.17. The fourth-order valence-corrected chi connectivity index (χ4v) is 1.17. The van der Waals surface area contributed by atoms with Crippen LogP contribution in [-0.4, -0.2) is 16.1 Å². The summed E-state index contributed by atoms with van der Waals surface area (Å²) in [7, 11) is 0. The molecule has 0 aliphatic heterocycles. The third kappa shape index (κ3) is 4.43. The first-order chi connectivity index (χ1) is 7.71. The van der Waals surface area contributed by atoms with Gasteiger partial charge in [0.1, 0.15) is 5.75 Å². The molecule has 1 aromatic carbocycles. The van der Waals surface area contributed by atoms with Gasteiger partial charge in [-0.2, -0.15) is 0 Å². The molecular weight excluding hydrogens is 216 g/mol. The molecule has 0 amide bonds. The molecule has 4 nitrogen and oxygen atoms in total. The lowest BCUT2D eigenvalue weighted by atomic mass is 10.1. The van der Waals surface area contributed by atoms with Crippen molar-refractivity contribution in [3.63, 3.8) is 0 Å². The zero-order valence-electron chi connectivity index (χ0n) is 11.1. The summed E-state index contributed by atoms with van der Waals surface area (Å²) in [5.41, 5.74) is -1.44. The molecule has 0 radical (unpaired) electrons. The lowest BCUT2D eigenvalue weighted by Crippen LogP contribution is -2.34. The van der Waals surface area contributed by atoms with Gasteiger partial charge in [0, 0.05) is 39.7 Å². The van der Waals surface area contributed by atoms with E-state index < -0.39 is 11.3 Å². The lowest BCUT2D eigenvalue weighted by molar-refractivity contribution is -0.608. The van der Waals surface area contributed by atoms with Crippen LogP contribution >= 0.6 is 0 Å². The molecule has 0 aliphatic rings. The molecule has 1 rings (SSSR count). The number of ether oxygens (including phenoxy) is 1. The third-order valence-corrected chi connectivity index (χ3v) is 2.02. The van der Waals surface area contributed by atoms with Gasteiger partial charge in [-0.25, -0.2) is 0 Å². The molecule has 94 valence electrons. The first kappa shape index (κ1) is 13.5. The van der Waals surface area contributed by atoms with Crippen LogP contribution in [0, 0.1) is 5.21 Å². The summed E-state index contributed by atoms with van der Waals surface area (Å²) < 4.78 is 5.66. The number of rotatable bonds is 3. The van der Waals surface area contributed by atoms with Gasteiger partial charge in [-0.15, -0.1) is 0 Å². The Morgan fingerprint density at radius 3 is 2.06 bits per heavy atom. The molecule has 0 aliphatic carbocycles. The molecule has 0 bridgehead atoms. The smallest absolute Gasteiger partial charge is 0.255 e. The van der Waals surface area contributed by atoms with E-state index in [9.17, 15) is 5.21 Å². The van der Waals surface area contributed by atoms with Crippen molar-refractivity contribution in [2.24, 2.45) is 5.11 Å². The zero-order valence-corrected chi connectivity index (χ0v) is 11.1. The van der Waals surface area contributed by atoms with E-state index in [2.05, 4.69) is 5.11 Å². The molecule has 0 heterocycles. The first-order valence-corrected chi connectivity index (χ1v) is 5.65. The molecule has 0 aromatic heterocycles. The number of benzene rings is 1. The van der Waals surface area contributed by atoms with Crippen LogP contribution in [-0.2, 0) is 0 Å². The first-order valence-electron chi connectivity index (χ1n) is 5.65. The Labute approximate surface area is 103 Å². The molecular formula is C13H20N2O2. The monoisotopic (exact) mass is 236 g/mol. The predicted octanol–water partition coefficient (Wildman–Crippen LogP) is 3.56. The highest BCUT2D eigenvalue weighted by molar-refractivity contribution is 5.21. The number of para-hydroxylation sites is 1. The summed E-state index contributed by atoms with van der Waals surface area (Å²) in [5, 5.41) is 15.8. The number of hydrogen-bond acceptors (Lipinski definition) is 3. The van der Waals surface area contributed by atoms with Crippen molar-refractivity contribution in [1.82, 2.24) is 0 Å². The third-order valence-electron chi connectivity index (χ3n) is 2.02. The second kappa shape index (κ2) is 4.73. The Morgan fingerprint density at radius 2 is 1.59 bits per heavy atom. The van der Waals surface area contributed by atoms with Crippen LogP contribution in [0.5, 0.6) is 5.75 Å². The molecule has 1 aromatic rings. The number of hydroxylamine groups is 1. The average molecular weight is 236 g/mol. The van der Waals surface area contributed by atoms with Gasteiger partial charge in [0.25, 0.3) is 5.72 Å². The molecule has 0 unspecified atom stereocenters. The van der Waals surface area contributed by atoms with Gasteiger partial charge >= 0.3 is 0 Å². The lowest BCUT2D eigenvalue weighted by Gasteiger charge is -2.23. The van der Waals surface area contributed by atoms with E-state index in [1.165, 1.54) is 0 Å². The summed E-state index contributed by atoms with van der Waals surface area (Å²) in [6, 6.07) is 9.34. The van der Waals surface area contributed by atoms with Gasteiger partial charge in [0.15, 0.2) is 5.54 Å². The van der Waals surface area contributed by atoms with E-state index in [0.29, 0.717) is 10.6 Å². The molecule has 4 heteroatoms. The van der Waals surface area contributed by atoms with Crippen molar-refractivity contribution < 1.29 is 9.60 Å². The molecule has 0 saturated heterocycles. The maximum atomic E-state index is 11.7. The van der Waals surface area contributed by atoms with Crippen LogP contribution in [0.3, 0.4) is 0 Å². The Bertz CT molecular complexity index is 392. The van der Waals surface area contributed by atoms with Crippen LogP contribution < -0.4 is 4.74 Å². The molecule has 0 N–H and O–H groups in total. The number of azo groups is 1. The maximum absolute atomic E-state index is 11.7. The zero-order chi connectivity index (χ0) is 13.1. The largest absolute Gasteiger partial charge is 0.599 e. The normalized spacial score (nSPS) is 13.6. The second-order valence-corrected chi connectivity index (χ2v) is 5.41. The highest BCUT2D eigenvalue weighted by Crippen LogP contribution is 2.20. The highest BCUT2D eigenvalue weighted by Gasteiger charge is 2.28.